The van der Waals surface area contributed by atoms with E-state index in [2.05, 4.69) is 10.5 Å². The van der Waals surface area contributed by atoms with Gasteiger partial charge in [0.05, 0.1) is 19.8 Å². The number of amides is 1. The summed E-state index contributed by atoms with van der Waals surface area (Å²) in [5, 5.41) is 6.50. The van der Waals surface area contributed by atoms with Gasteiger partial charge in [0.2, 0.25) is 11.8 Å². The van der Waals surface area contributed by atoms with Gasteiger partial charge >= 0.3 is 0 Å². The predicted molar refractivity (Wildman–Crippen MR) is 79.5 cm³/mol. The number of nitrogens with one attached hydrogen (secondary N) is 1. The SMILES string of the molecule is COc1ccc(CC(=O)Nc2cc(-c3ccco3)no2)cc1. The number of methoxy groups -OCH3 is 1. The average molecular weight is 298 g/mol. The predicted octanol–water partition coefficient (Wildman–Crippen LogP) is 3.12. The van der Waals surface area contributed by atoms with Crippen LogP contribution in [0.5, 0.6) is 5.75 Å². The van der Waals surface area contributed by atoms with E-state index in [1.165, 1.54) is 0 Å². The molecule has 22 heavy (non-hydrogen) atoms. The van der Waals surface area contributed by atoms with Gasteiger partial charge in [0.1, 0.15) is 5.75 Å². The summed E-state index contributed by atoms with van der Waals surface area (Å²) in [7, 11) is 1.60. The van der Waals surface area contributed by atoms with Crippen molar-refractivity contribution in [1.82, 2.24) is 5.16 Å². The summed E-state index contributed by atoms with van der Waals surface area (Å²) in [6, 6.07) is 12.4. The lowest BCUT2D eigenvalue weighted by atomic mass is 10.1. The van der Waals surface area contributed by atoms with Crippen molar-refractivity contribution < 1.29 is 18.5 Å². The van der Waals surface area contributed by atoms with E-state index in [9.17, 15) is 4.79 Å². The Morgan fingerprint density at radius 2 is 2.09 bits per heavy atom. The number of benzene rings is 1. The normalized spacial score (nSPS) is 10.4. The van der Waals surface area contributed by atoms with Gasteiger partial charge in [0, 0.05) is 6.07 Å². The van der Waals surface area contributed by atoms with Gasteiger partial charge in [0.15, 0.2) is 11.5 Å². The summed E-state index contributed by atoms with van der Waals surface area (Å²) in [4.78, 5) is 12.0. The molecule has 3 aromatic rings. The van der Waals surface area contributed by atoms with Crippen molar-refractivity contribution in [1.29, 1.82) is 0 Å². The van der Waals surface area contributed by atoms with Crippen LogP contribution in [0.15, 0.2) is 57.7 Å². The summed E-state index contributed by atoms with van der Waals surface area (Å²) in [6.07, 6.45) is 1.78. The van der Waals surface area contributed by atoms with Crippen LogP contribution in [0.3, 0.4) is 0 Å². The molecular weight excluding hydrogens is 284 g/mol. The number of aromatic nitrogens is 1. The summed E-state index contributed by atoms with van der Waals surface area (Å²) in [6.45, 7) is 0. The molecule has 1 amide bonds. The third kappa shape index (κ3) is 3.17. The Hall–Kier alpha value is -3.02. The van der Waals surface area contributed by atoms with E-state index in [1.807, 2.05) is 24.3 Å². The maximum atomic E-state index is 12.0. The molecule has 0 spiro atoms. The zero-order chi connectivity index (χ0) is 15.4. The first-order valence-corrected chi connectivity index (χ1v) is 6.68. The molecule has 0 saturated carbocycles. The standard InChI is InChI=1S/C16H14N2O4/c1-20-12-6-4-11(5-7-12)9-15(19)17-16-10-13(18-22-16)14-3-2-8-21-14/h2-8,10H,9H2,1H3,(H,17,19). The van der Waals surface area contributed by atoms with Crippen LogP contribution in [0.4, 0.5) is 5.88 Å². The highest BCUT2D eigenvalue weighted by molar-refractivity contribution is 5.91. The van der Waals surface area contributed by atoms with E-state index in [1.54, 1.807) is 31.6 Å². The van der Waals surface area contributed by atoms with Gasteiger partial charge in [-0.05, 0) is 29.8 Å². The molecule has 2 heterocycles. The fraction of sp³-hybridized carbons (Fsp3) is 0.125. The number of ether oxygens (including phenoxy) is 1. The summed E-state index contributed by atoms with van der Waals surface area (Å²) < 4.78 is 15.4. The molecule has 6 nitrogen and oxygen atoms in total. The van der Waals surface area contributed by atoms with Crippen LogP contribution in [0, 0.1) is 0 Å². The van der Waals surface area contributed by atoms with Crippen LogP contribution in [0.25, 0.3) is 11.5 Å². The van der Waals surface area contributed by atoms with Crippen molar-refractivity contribution in [3.05, 3.63) is 54.3 Å². The van der Waals surface area contributed by atoms with Crippen LogP contribution in [-0.4, -0.2) is 18.2 Å². The van der Waals surface area contributed by atoms with Gasteiger partial charge in [-0.25, -0.2) is 0 Å². The highest BCUT2D eigenvalue weighted by atomic mass is 16.5. The first kappa shape index (κ1) is 13.9. The molecule has 1 aromatic carbocycles. The number of furan rings is 1. The number of rotatable bonds is 5. The smallest absolute Gasteiger partial charge is 0.231 e. The minimum absolute atomic E-state index is 0.188. The number of hydrogen-bond acceptors (Lipinski definition) is 5. The van der Waals surface area contributed by atoms with Gasteiger partial charge in [-0.1, -0.05) is 17.3 Å². The Balaban J connectivity index is 1.61. The number of carbonyl (C=O) groups is 1. The minimum Gasteiger partial charge on any atom is -0.497 e. The first-order chi connectivity index (χ1) is 10.7. The maximum Gasteiger partial charge on any atom is 0.231 e. The van der Waals surface area contributed by atoms with Crippen molar-refractivity contribution in [3.63, 3.8) is 0 Å². The molecule has 0 radical (unpaired) electrons. The van der Waals surface area contributed by atoms with Gasteiger partial charge in [-0.15, -0.1) is 0 Å². The van der Waals surface area contributed by atoms with Gasteiger partial charge < -0.3 is 13.7 Å². The molecular formula is C16H14N2O4. The van der Waals surface area contributed by atoms with Crippen LogP contribution in [0.2, 0.25) is 0 Å². The lowest BCUT2D eigenvalue weighted by Gasteiger charge is -2.03. The Morgan fingerprint density at radius 3 is 2.77 bits per heavy atom. The van der Waals surface area contributed by atoms with E-state index in [4.69, 9.17) is 13.7 Å². The Bertz CT molecular complexity index is 745. The molecule has 0 aliphatic heterocycles. The number of anilines is 1. The highest BCUT2D eigenvalue weighted by Crippen LogP contribution is 2.22. The summed E-state index contributed by atoms with van der Waals surface area (Å²) >= 11 is 0. The van der Waals surface area contributed by atoms with Crippen molar-refractivity contribution >= 4 is 11.8 Å². The maximum absolute atomic E-state index is 12.0. The second kappa shape index (κ2) is 6.17. The molecule has 0 atom stereocenters. The van der Waals surface area contributed by atoms with E-state index < -0.39 is 0 Å². The van der Waals surface area contributed by atoms with Gasteiger partial charge in [-0.3, -0.25) is 10.1 Å². The molecule has 2 aromatic heterocycles. The molecule has 0 saturated heterocycles. The molecule has 0 bridgehead atoms. The molecule has 3 rings (SSSR count). The Labute approximate surface area is 126 Å². The van der Waals surface area contributed by atoms with Gasteiger partial charge in [0.25, 0.3) is 0 Å². The van der Waals surface area contributed by atoms with Crippen LogP contribution >= 0.6 is 0 Å². The molecule has 0 aliphatic rings. The third-order valence-electron chi connectivity index (χ3n) is 3.07. The molecule has 6 heteroatoms. The quantitative estimate of drug-likeness (QED) is 0.783. The zero-order valence-corrected chi connectivity index (χ0v) is 11.9. The number of carbonyl (C=O) groups excluding carboxylic acids is 1. The highest BCUT2D eigenvalue weighted by Gasteiger charge is 2.11. The zero-order valence-electron chi connectivity index (χ0n) is 11.9. The molecule has 0 aliphatic carbocycles. The van der Waals surface area contributed by atoms with Crippen molar-refractivity contribution in [2.45, 2.75) is 6.42 Å². The third-order valence-corrected chi connectivity index (χ3v) is 3.07. The van der Waals surface area contributed by atoms with Crippen LogP contribution < -0.4 is 10.1 Å². The molecule has 1 N–H and O–H groups in total. The van der Waals surface area contributed by atoms with Crippen molar-refractivity contribution in [3.8, 4) is 17.2 Å². The lowest BCUT2D eigenvalue weighted by molar-refractivity contribution is -0.115. The van der Waals surface area contributed by atoms with Crippen molar-refractivity contribution in [2.75, 3.05) is 12.4 Å². The second-order valence-corrected chi connectivity index (χ2v) is 4.63. The average Bonchev–Trinajstić information content (AvgIpc) is 3.19. The number of hydrogen-bond donors (Lipinski definition) is 1. The van der Waals surface area contributed by atoms with Crippen LogP contribution in [0.1, 0.15) is 5.56 Å². The van der Waals surface area contributed by atoms with E-state index >= 15 is 0 Å². The summed E-state index contributed by atoms with van der Waals surface area (Å²) in [5.74, 6) is 1.43. The van der Waals surface area contributed by atoms with E-state index in [-0.39, 0.29) is 18.2 Å². The molecule has 0 fully saturated rings. The van der Waals surface area contributed by atoms with Crippen LogP contribution in [-0.2, 0) is 11.2 Å². The largest absolute Gasteiger partial charge is 0.497 e. The van der Waals surface area contributed by atoms with E-state index in [0.717, 1.165) is 11.3 Å². The topological polar surface area (TPSA) is 77.5 Å². The Morgan fingerprint density at radius 1 is 1.27 bits per heavy atom. The monoisotopic (exact) mass is 298 g/mol. The molecule has 112 valence electrons. The lowest BCUT2D eigenvalue weighted by Crippen LogP contribution is -2.13. The fourth-order valence-electron chi connectivity index (χ4n) is 1.98. The first-order valence-electron chi connectivity index (χ1n) is 6.68. The van der Waals surface area contributed by atoms with Gasteiger partial charge in [-0.2, -0.15) is 0 Å². The summed E-state index contributed by atoms with van der Waals surface area (Å²) in [5.41, 5.74) is 1.41. The second-order valence-electron chi connectivity index (χ2n) is 4.63. The van der Waals surface area contributed by atoms with E-state index in [0.29, 0.717) is 11.5 Å². The number of nitrogens with zero attached hydrogens (tertiary/aromatic N) is 1. The van der Waals surface area contributed by atoms with Crippen molar-refractivity contribution in [2.24, 2.45) is 0 Å². The minimum atomic E-state index is -0.188. The molecule has 0 unspecified atom stereocenters. The Kier molecular flexibility index (Phi) is 3.91. The fourth-order valence-corrected chi connectivity index (χ4v) is 1.98.